The second-order valence-electron chi connectivity index (χ2n) is 4.08. The zero-order chi connectivity index (χ0) is 16.0. The zero-order valence-corrected chi connectivity index (χ0v) is 12.3. The molecule has 8 nitrogen and oxygen atoms in total. The molecule has 1 aromatic rings. The summed E-state index contributed by atoms with van der Waals surface area (Å²) in [4.78, 5) is 11.2. The molecule has 0 aromatic heterocycles. The van der Waals surface area contributed by atoms with Crippen LogP contribution < -0.4 is 10.5 Å². The molecule has 0 fully saturated rings. The molecular weight excluding hydrogens is 300 g/mol. The number of carbonyl (C=O) groups excluding carboxylic acids is 1. The smallest absolute Gasteiger partial charge is 0.252 e. The Morgan fingerprint density at radius 3 is 2.29 bits per heavy atom. The molecule has 0 spiro atoms. The molecule has 0 heterocycles. The predicted molar refractivity (Wildman–Crippen MR) is 74.4 cm³/mol. The van der Waals surface area contributed by atoms with Crippen molar-refractivity contribution in [3.8, 4) is 5.75 Å². The summed E-state index contributed by atoms with van der Waals surface area (Å²) in [5, 5.41) is 17.8. The molecule has 0 unspecified atom stereocenters. The van der Waals surface area contributed by atoms with E-state index in [0.717, 1.165) is 10.4 Å². The van der Waals surface area contributed by atoms with E-state index in [-0.39, 0.29) is 29.3 Å². The fourth-order valence-corrected chi connectivity index (χ4v) is 3.21. The van der Waals surface area contributed by atoms with Crippen LogP contribution in [0.5, 0.6) is 5.75 Å². The number of primary amides is 1. The first-order valence-corrected chi connectivity index (χ1v) is 7.52. The Hall–Kier alpha value is -1.68. The Morgan fingerprint density at radius 1 is 1.29 bits per heavy atom. The number of carbonyl (C=O) groups is 1. The van der Waals surface area contributed by atoms with Crippen molar-refractivity contribution in [2.75, 3.05) is 33.4 Å². The summed E-state index contributed by atoms with van der Waals surface area (Å²) >= 11 is 0. The summed E-state index contributed by atoms with van der Waals surface area (Å²) in [6.45, 7) is -1.11. The van der Waals surface area contributed by atoms with Gasteiger partial charge in [0.2, 0.25) is 10.0 Å². The van der Waals surface area contributed by atoms with Gasteiger partial charge in [0, 0.05) is 13.1 Å². The van der Waals surface area contributed by atoms with E-state index in [9.17, 15) is 13.2 Å². The number of aliphatic hydroxyl groups is 2. The number of amides is 1. The van der Waals surface area contributed by atoms with Gasteiger partial charge in [0.15, 0.2) is 0 Å². The lowest BCUT2D eigenvalue weighted by Crippen LogP contribution is -2.36. The van der Waals surface area contributed by atoms with Crippen LogP contribution in [0.2, 0.25) is 0 Å². The molecule has 4 N–H and O–H groups in total. The van der Waals surface area contributed by atoms with E-state index >= 15 is 0 Å². The number of rotatable bonds is 8. The lowest BCUT2D eigenvalue weighted by molar-refractivity contribution is 0.0997. The highest BCUT2D eigenvalue weighted by atomic mass is 32.2. The molecule has 1 rings (SSSR count). The third-order valence-electron chi connectivity index (χ3n) is 2.77. The number of nitrogens with two attached hydrogens (primary N) is 1. The first-order chi connectivity index (χ1) is 9.88. The molecule has 21 heavy (non-hydrogen) atoms. The van der Waals surface area contributed by atoms with Gasteiger partial charge < -0.3 is 20.7 Å². The lowest BCUT2D eigenvalue weighted by Gasteiger charge is -2.20. The summed E-state index contributed by atoms with van der Waals surface area (Å²) < 4.78 is 30.7. The molecule has 0 saturated carbocycles. The Labute approximate surface area is 122 Å². The van der Waals surface area contributed by atoms with Gasteiger partial charge in [-0.25, -0.2) is 8.42 Å². The van der Waals surface area contributed by atoms with Crippen LogP contribution in [0.15, 0.2) is 23.1 Å². The number of ether oxygens (including phenoxy) is 1. The van der Waals surface area contributed by atoms with E-state index in [2.05, 4.69) is 0 Å². The van der Waals surface area contributed by atoms with E-state index in [1.807, 2.05) is 0 Å². The van der Waals surface area contributed by atoms with Crippen molar-refractivity contribution in [3.63, 3.8) is 0 Å². The maximum Gasteiger partial charge on any atom is 0.252 e. The van der Waals surface area contributed by atoms with Gasteiger partial charge in [0.05, 0.1) is 30.8 Å². The van der Waals surface area contributed by atoms with Gasteiger partial charge in [-0.1, -0.05) is 0 Å². The summed E-state index contributed by atoms with van der Waals surface area (Å²) in [7, 11) is -2.62. The SMILES string of the molecule is COc1ccc(S(=O)(=O)N(CCO)CCO)cc1C(N)=O. The van der Waals surface area contributed by atoms with Crippen molar-refractivity contribution in [1.82, 2.24) is 4.31 Å². The normalized spacial score (nSPS) is 11.6. The number of sulfonamides is 1. The van der Waals surface area contributed by atoms with Gasteiger partial charge >= 0.3 is 0 Å². The topological polar surface area (TPSA) is 130 Å². The number of nitrogens with zero attached hydrogens (tertiary/aromatic N) is 1. The Kier molecular flexibility index (Phi) is 6.09. The molecule has 0 aliphatic heterocycles. The molecule has 1 aromatic carbocycles. The van der Waals surface area contributed by atoms with Gasteiger partial charge in [-0.05, 0) is 18.2 Å². The number of aliphatic hydroxyl groups excluding tert-OH is 2. The van der Waals surface area contributed by atoms with Crippen LogP contribution in [0.1, 0.15) is 10.4 Å². The quantitative estimate of drug-likeness (QED) is 0.550. The zero-order valence-electron chi connectivity index (χ0n) is 11.5. The molecule has 0 bridgehead atoms. The van der Waals surface area contributed by atoms with Crippen molar-refractivity contribution in [2.24, 2.45) is 5.73 Å². The average molecular weight is 318 g/mol. The van der Waals surface area contributed by atoms with Crippen LogP contribution in [0.4, 0.5) is 0 Å². The Balaban J connectivity index is 3.30. The third kappa shape index (κ3) is 3.91. The highest BCUT2D eigenvalue weighted by Crippen LogP contribution is 2.24. The van der Waals surface area contributed by atoms with Gasteiger partial charge in [0.25, 0.3) is 5.91 Å². The van der Waals surface area contributed by atoms with Crippen molar-refractivity contribution < 1.29 is 28.2 Å². The van der Waals surface area contributed by atoms with Crippen molar-refractivity contribution in [3.05, 3.63) is 23.8 Å². The third-order valence-corrected chi connectivity index (χ3v) is 4.67. The average Bonchev–Trinajstić information content (AvgIpc) is 2.46. The number of benzene rings is 1. The van der Waals surface area contributed by atoms with E-state index in [0.29, 0.717) is 0 Å². The summed E-state index contributed by atoms with van der Waals surface area (Å²) in [5.74, 6) is -0.655. The molecule has 0 radical (unpaired) electrons. The molecule has 0 aliphatic rings. The summed E-state index contributed by atoms with van der Waals surface area (Å²) in [6, 6.07) is 3.70. The molecule has 0 saturated heterocycles. The number of hydrogen-bond donors (Lipinski definition) is 3. The van der Waals surface area contributed by atoms with Crippen LogP contribution in [0.25, 0.3) is 0 Å². The van der Waals surface area contributed by atoms with Crippen LogP contribution in [-0.4, -0.2) is 62.3 Å². The van der Waals surface area contributed by atoms with Crippen molar-refractivity contribution in [1.29, 1.82) is 0 Å². The first-order valence-electron chi connectivity index (χ1n) is 6.08. The number of methoxy groups -OCH3 is 1. The fourth-order valence-electron chi connectivity index (χ4n) is 1.76. The molecule has 9 heteroatoms. The largest absolute Gasteiger partial charge is 0.496 e. The molecular formula is C12H18N2O6S. The van der Waals surface area contributed by atoms with E-state index in [1.54, 1.807) is 0 Å². The number of hydrogen-bond acceptors (Lipinski definition) is 6. The lowest BCUT2D eigenvalue weighted by atomic mass is 10.2. The van der Waals surface area contributed by atoms with E-state index in [1.165, 1.54) is 19.2 Å². The summed E-state index contributed by atoms with van der Waals surface area (Å²) in [5.41, 5.74) is 5.13. The first kappa shape index (κ1) is 17.4. The van der Waals surface area contributed by atoms with Gasteiger partial charge in [-0.2, -0.15) is 4.31 Å². The molecule has 1 amide bonds. The van der Waals surface area contributed by atoms with Crippen molar-refractivity contribution in [2.45, 2.75) is 4.90 Å². The van der Waals surface area contributed by atoms with Crippen molar-refractivity contribution >= 4 is 15.9 Å². The highest BCUT2D eigenvalue weighted by molar-refractivity contribution is 7.89. The van der Waals surface area contributed by atoms with Gasteiger partial charge in [-0.3, -0.25) is 4.79 Å². The van der Waals surface area contributed by atoms with E-state index < -0.39 is 29.1 Å². The standard InChI is InChI=1S/C12H18N2O6S/c1-20-11-3-2-9(8-10(11)12(13)17)21(18,19)14(4-6-15)5-7-16/h2-3,8,15-16H,4-7H2,1H3,(H2,13,17). The minimum atomic E-state index is -3.96. The maximum absolute atomic E-state index is 12.4. The maximum atomic E-state index is 12.4. The minimum absolute atomic E-state index is 0.0634. The second-order valence-corrected chi connectivity index (χ2v) is 6.02. The minimum Gasteiger partial charge on any atom is -0.496 e. The Bertz CT molecular complexity index is 596. The molecule has 0 atom stereocenters. The van der Waals surface area contributed by atoms with E-state index in [4.69, 9.17) is 20.7 Å². The Morgan fingerprint density at radius 2 is 1.86 bits per heavy atom. The second kappa shape index (κ2) is 7.36. The fraction of sp³-hybridized carbons (Fsp3) is 0.417. The van der Waals surface area contributed by atoms with Gasteiger partial charge in [-0.15, -0.1) is 0 Å². The van der Waals surface area contributed by atoms with Crippen LogP contribution in [-0.2, 0) is 10.0 Å². The molecule has 118 valence electrons. The monoisotopic (exact) mass is 318 g/mol. The summed E-state index contributed by atoms with van der Waals surface area (Å²) in [6.07, 6.45) is 0. The highest BCUT2D eigenvalue weighted by Gasteiger charge is 2.25. The van der Waals surface area contributed by atoms with Gasteiger partial charge in [0.1, 0.15) is 5.75 Å². The van der Waals surface area contributed by atoms with Crippen LogP contribution >= 0.6 is 0 Å². The van der Waals surface area contributed by atoms with Crippen LogP contribution in [0, 0.1) is 0 Å². The van der Waals surface area contributed by atoms with Crippen LogP contribution in [0.3, 0.4) is 0 Å². The predicted octanol–water partition coefficient (Wildman–Crippen LogP) is -1.23. The molecule has 0 aliphatic carbocycles.